The molecule has 2 N–H and O–H groups in total. The maximum Gasteiger partial charge on any atom is 0.335 e. The second-order valence-corrected chi connectivity index (χ2v) is 7.23. The van der Waals surface area contributed by atoms with E-state index in [1.54, 1.807) is 24.3 Å². The van der Waals surface area contributed by atoms with Crippen molar-refractivity contribution < 1.29 is 19.1 Å². The Bertz CT molecular complexity index is 811. The van der Waals surface area contributed by atoms with Gasteiger partial charge in [-0.15, -0.1) is 0 Å². The number of benzene rings is 2. The number of hydrogen-bond donors (Lipinski definition) is 2. The maximum atomic E-state index is 13.3. The Morgan fingerprint density at radius 3 is 2.37 bits per heavy atom. The van der Waals surface area contributed by atoms with Gasteiger partial charge in [-0.1, -0.05) is 43.2 Å². The molecular weight excluding hydrogens is 345 g/mol. The normalized spacial score (nSPS) is 15.4. The number of aromatic carboxylic acids is 1. The first-order chi connectivity index (χ1) is 13.0. The summed E-state index contributed by atoms with van der Waals surface area (Å²) in [5.74, 6) is -1.33. The van der Waals surface area contributed by atoms with Gasteiger partial charge in [-0.3, -0.25) is 4.79 Å². The SMILES string of the molecule is O=C(CCc1ccccc1C(=O)O)NCC1(c2ccc(F)cc2)CCCC1. The molecule has 0 aliphatic heterocycles. The first kappa shape index (κ1) is 19.1. The molecule has 3 rings (SSSR count). The van der Waals surface area contributed by atoms with Gasteiger partial charge in [-0.2, -0.15) is 0 Å². The van der Waals surface area contributed by atoms with Crippen LogP contribution in [0.3, 0.4) is 0 Å². The van der Waals surface area contributed by atoms with E-state index in [-0.39, 0.29) is 29.1 Å². The predicted molar refractivity (Wildman–Crippen MR) is 101 cm³/mol. The highest BCUT2D eigenvalue weighted by Crippen LogP contribution is 2.40. The fraction of sp³-hybridized carbons (Fsp3) is 0.364. The Balaban J connectivity index is 1.61. The summed E-state index contributed by atoms with van der Waals surface area (Å²) in [4.78, 5) is 23.6. The van der Waals surface area contributed by atoms with Gasteiger partial charge < -0.3 is 10.4 Å². The molecule has 4 nitrogen and oxygen atoms in total. The number of amides is 1. The summed E-state index contributed by atoms with van der Waals surface area (Å²) < 4.78 is 13.3. The lowest BCUT2D eigenvalue weighted by Crippen LogP contribution is -2.39. The van der Waals surface area contributed by atoms with Crippen molar-refractivity contribution in [1.82, 2.24) is 5.32 Å². The first-order valence-corrected chi connectivity index (χ1v) is 9.34. The summed E-state index contributed by atoms with van der Waals surface area (Å²) in [6, 6.07) is 13.3. The molecular formula is C22H24FNO3. The molecule has 0 aromatic heterocycles. The van der Waals surface area contributed by atoms with E-state index < -0.39 is 5.97 Å². The van der Waals surface area contributed by atoms with Gasteiger partial charge in [0.2, 0.25) is 5.91 Å². The minimum absolute atomic E-state index is 0.0939. The molecule has 1 fully saturated rings. The minimum atomic E-state index is -0.979. The van der Waals surface area contributed by atoms with Crippen LogP contribution in [-0.4, -0.2) is 23.5 Å². The molecule has 1 amide bonds. The number of carboxylic acid groups (broad SMARTS) is 1. The molecule has 1 aliphatic rings. The zero-order valence-corrected chi connectivity index (χ0v) is 15.2. The zero-order valence-electron chi connectivity index (χ0n) is 15.2. The number of hydrogen-bond acceptors (Lipinski definition) is 2. The molecule has 2 aromatic rings. The Hall–Kier alpha value is -2.69. The van der Waals surface area contributed by atoms with Crippen molar-refractivity contribution in [2.45, 2.75) is 43.9 Å². The van der Waals surface area contributed by atoms with Crippen molar-refractivity contribution in [2.75, 3.05) is 6.54 Å². The van der Waals surface area contributed by atoms with Gasteiger partial charge in [0.05, 0.1) is 5.56 Å². The molecule has 0 bridgehead atoms. The lowest BCUT2D eigenvalue weighted by atomic mass is 9.78. The number of rotatable bonds is 7. The van der Waals surface area contributed by atoms with Crippen molar-refractivity contribution in [3.8, 4) is 0 Å². The average Bonchev–Trinajstić information content (AvgIpc) is 3.15. The van der Waals surface area contributed by atoms with E-state index in [1.807, 2.05) is 12.1 Å². The van der Waals surface area contributed by atoms with Crippen LogP contribution in [0.5, 0.6) is 0 Å². The fourth-order valence-electron chi connectivity index (χ4n) is 3.97. The van der Waals surface area contributed by atoms with Gasteiger partial charge >= 0.3 is 5.97 Å². The number of halogens is 1. The standard InChI is InChI=1S/C22H24FNO3/c23-18-10-8-17(9-11-18)22(13-3-4-14-22)15-24-20(25)12-7-16-5-1-2-6-19(16)21(26)27/h1-2,5-6,8-11H,3-4,7,12-15H2,(H,24,25)(H,26,27). The summed E-state index contributed by atoms with van der Waals surface area (Å²) in [6.45, 7) is 0.526. The lowest BCUT2D eigenvalue weighted by Gasteiger charge is -2.30. The number of carbonyl (C=O) groups is 2. The third-order valence-electron chi connectivity index (χ3n) is 5.51. The molecule has 0 radical (unpaired) electrons. The Morgan fingerprint density at radius 2 is 1.70 bits per heavy atom. The Labute approximate surface area is 158 Å². The van der Waals surface area contributed by atoms with Gasteiger partial charge in [-0.05, 0) is 48.6 Å². The summed E-state index contributed by atoms with van der Waals surface area (Å²) in [5, 5.41) is 12.2. The minimum Gasteiger partial charge on any atom is -0.478 e. The van der Waals surface area contributed by atoms with E-state index in [2.05, 4.69) is 5.32 Å². The van der Waals surface area contributed by atoms with Gasteiger partial charge in [0.15, 0.2) is 0 Å². The van der Waals surface area contributed by atoms with Crippen LogP contribution in [0, 0.1) is 5.82 Å². The second kappa shape index (κ2) is 8.33. The van der Waals surface area contributed by atoms with Crippen LogP contribution < -0.4 is 5.32 Å². The van der Waals surface area contributed by atoms with Crippen molar-refractivity contribution in [3.05, 3.63) is 71.0 Å². The molecule has 1 saturated carbocycles. The zero-order chi connectivity index (χ0) is 19.3. The molecule has 1 aliphatic carbocycles. The van der Waals surface area contributed by atoms with E-state index in [9.17, 15) is 19.1 Å². The van der Waals surface area contributed by atoms with Crippen molar-refractivity contribution >= 4 is 11.9 Å². The monoisotopic (exact) mass is 369 g/mol. The third kappa shape index (κ3) is 4.54. The fourth-order valence-corrected chi connectivity index (χ4v) is 3.97. The maximum absolute atomic E-state index is 13.3. The molecule has 142 valence electrons. The number of carboxylic acids is 1. The van der Waals surface area contributed by atoms with E-state index in [4.69, 9.17) is 0 Å². The predicted octanol–water partition coefficient (Wildman–Crippen LogP) is 4.08. The van der Waals surface area contributed by atoms with Crippen LogP contribution in [0.15, 0.2) is 48.5 Å². The highest BCUT2D eigenvalue weighted by Gasteiger charge is 2.35. The van der Waals surface area contributed by atoms with E-state index in [0.29, 0.717) is 18.5 Å². The molecule has 0 spiro atoms. The van der Waals surface area contributed by atoms with E-state index in [1.165, 1.54) is 12.1 Å². The molecule has 5 heteroatoms. The smallest absolute Gasteiger partial charge is 0.335 e. The largest absolute Gasteiger partial charge is 0.478 e. The third-order valence-corrected chi connectivity index (χ3v) is 5.51. The van der Waals surface area contributed by atoms with Crippen LogP contribution in [0.1, 0.15) is 53.6 Å². The van der Waals surface area contributed by atoms with Crippen LogP contribution in [0.25, 0.3) is 0 Å². The Morgan fingerprint density at radius 1 is 1.04 bits per heavy atom. The van der Waals surface area contributed by atoms with Crippen LogP contribution in [0.4, 0.5) is 4.39 Å². The van der Waals surface area contributed by atoms with Crippen molar-refractivity contribution in [3.63, 3.8) is 0 Å². The highest BCUT2D eigenvalue weighted by atomic mass is 19.1. The van der Waals surface area contributed by atoms with Crippen molar-refractivity contribution in [1.29, 1.82) is 0 Å². The second-order valence-electron chi connectivity index (χ2n) is 7.23. The van der Waals surface area contributed by atoms with Crippen LogP contribution in [0.2, 0.25) is 0 Å². The van der Waals surface area contributed by atoms with Gasteiger partial charge in [-0.25, -0.2) is 9.18 Å². The Kier molecular flexibility index (Phi) is 5.89. The van der Waals surface area contributed by atoms with Crippen molar-refractivity contribution in [2.24, 2.45) is 0 Å². The molecule has 27 heavy (non-hydrogen) atoms. The molecule has 0 atom stereocenters. The lowest BCUT2D eigenvalue weighted by molar-refractivity contribution is -0.121. The van der Waals surface area contributed by atoms with Gasteiger partial charge in [0.25, 0.3) is 0 Å². The van der Waals surface area contributed by atoms with Gasteiger partial charge in [0.1, 0.15) is 5.82 Å². The van der Waals surface area contributed by atoms with E-state index in [0.717, 1.165) is 31.2 Å². The number of aryl methyl sites for hydroxylation is 1. The van der Waals surface area contributed by atoms with E-state index >= 15 is 0 Å². The molecule has 0 unspecified atom stereocenters. The summed E-state index contributed by atoms with van der Waals surface area (Å²) >= 11 is 0. The quantitative estimate of drug-likeness (QED) is 0.773. The summed E-state index contributed by atoms with van der Waals surface area (Å²) in [6.07, 6.45) is 4.77. The summed E-state index contributed by atoms with van der Waals surface area (Å²) in [7, 11) is 0. The number of nitrogens with one attached hydrogen (secondary N) is 1. The molecule has 0 heterocycles. The van der Waals surface area contributed by atoms with Crippen LogP contribution in [-0.2, 0) is 16.6 Å². The first-order valence-electron chi connectivity index (χ1n) is 9.34. The van der Waals surface area contributed by atoms with Gasteiger partial charge in [0, 0.05) is 18.4 Å². The topological polar surface area (TPSA) is 66.4 Å². The average molecular weight is 369 g/mol. The molecule has 0 saturated heterocycles. The summed E-state index contributed by atoms with van der Waals surface area (Å²) in [5.41, 5.74) is 1.83. The highest BCUT2D eigenvalue weighted by molar-refractivity contribution is 5.89. The molecule has 2 aromatic carbocycles. The van der Waals surface area contributed by atoms with Crippen LogP contribution >= 0.6 is 0 Å². The number of carbonyl (C=O) groups excluding carboxylic acids is 1.